The van der Waals surface area contributed by atoms with E-state index in [4.69, 9.17) is 0 Å². The van der Waals surface area contributed by atoms with Crippen LogP contribution >= 0.6 is 0 Å². The highest BCUT2D eigenvalue weighted by molar-refractivity contribution is 6.10. The standard InChI is InChI=1S/C15H12O/c1-10-12-7-3-5-11-6-4-8-13(14(11)12)15(10,2)9-16/h3-9H,1H2,2H3. The number of allylic oxidation sites excluding steroid dienone is 1. The summed E-state index contributed by atoms with van der Waals surface area (Å²) in [6.45, 7) is 6.03. The topological polar surface area (TPSA) is 17.1 Å². The van der Waals surface area contributed by atoms with Crippen LogP contribution in [0, 0.1) is 0 Å². The number of hydrogen-bond acceptors (Lipinski definition) is 1. The summed E-state index contributed by atoms with van der Waals surface area (Å²) in [5.74, 6) is 0. The van der Waals surface area contributed by atoms with Crippen molar-refractivity contribution in [3.63, 3.8) is 0 Å². The minimum absolute atomic E-state index is 0.552. The Labute approximate surface area is 94.4 Å². The first-order chi connectivity index (χ1) is 7.68. The molecule has 0 saturated heterocycles. The molecule has 0 N–H and O–H groups in total. The summed E-state index contributed by atoms with van der Waals surface area (Å²) in [7, 11) is 0. The molecule has 0 bridgehead atoms. The van der Waals surface area contributed by atoms with Gasteiger partial charge in [-0.3, -0.25) is 0 Å². The predicted molar refractivity (Wildman–Crippen MR) is 66.4 cm³/mol. The van der Waals surface area contributed by atoms with Gasteiger partial charge in [-0.25, -0.2) is 0 Å². The van der Waals surface area contributed by atoms with Crippen molar-refractivity contribution in [2.75, 3.05) is 0 Å². The van der Waals surface area contributed by atoms with Crippen LogP contribution in [0.15, 0.2) is 43.0 Å². The molecule has 1 unspecified atom stereocenters. The Morgan fingerprint density at radius 1 is 1.19 bits per heavy atom. The Morgan fingerprint density at radius 2 is 1.88 bits per heavy atom. The Balaban J connectivity index is 2.54. The first kappa shape index (κ1) is 9.34. The molecule has 2 aromatic rings. The maximum absolute atomic E-state index is 11.4. The van der Waals surface area contributed by atoms with Gasteiger partial charge in [0.05, 0.1) is 5.41 Å². The highest BCUT2D eigenvalue weighted by atomic mass is 16.1. The van der Waals surface area contributed by atoms with Gasteiger partial charge in [-0.05, 0) is 34.4 Å². The normalized spacial score (nSPS) is 22.7. The van der Waals surface area contributed by atoms with Crippen molar-refractivity contribution < 1.29 is 4.79 Å². The third-order valence-corrected chi connectivity index (χ3v) is 3.65. The number of rotatable bonds is 1. The molecule has 0 saturated carbocycles. The lowest BCUT2D eigenvalue weighted by Gasteiger charge is -2.19. The smallest absolute Gasteiger partial charge is 0.134 e. The van der Waals surface area contributed by atoms with Crippen molar-refractivity contribution in [1.82, 2.24) is 0 Å². The van der Waals surface area contributed by atoms with Crippen molar-refractivity contribution in [3.05, 3.63) is 54.1 Å². The highest BCUT2D eigenvalue weighted by Gasteiger charge is 2.38. The summed E-state index contributed by atoms with van der Waals surface area (Å²) in [6.07, 6.45) is 1.00. The summed E-state index contributed by atoms with van der Waals surface area (Å²) >= 11 is 0. The molecule has 0 aromatic heterocycles. The second-order valence-corrected chi connectivity index (χ2v) is 4.51. The maximum atomic E-state index is 11.4. The van der Waals surface area contributed by atoms with Gasteiger partial charge in [0.25, 0.3) is 0 Å². The van der Waals surface area contributed by atoms with E-state index in [1.165, 1.54) is 10.8 Å². The van der Waals surface area contributed by atoms with Crippen LogP contribution in [0.2, 0.25) is 0 Å². The van der Waals surface area contributed by atoms with Crippen molar-refractivity contribution in [2.24, 2.45) is 0 Å². The fourth-order valence-electron chi connectivity index (χ4n) is 2.60. The van der Waals surface area contributed by atoms with E-state index in [-0.39, 0.29) is 0 Å². The summed E-state index contributed by atoms with van der Waals surface area (Å²) in [4.78, 5) is 11.4. The van der Waals surface area contributed by atoms with Crippen LogP contribution in [-0.4, -0.2) is 6.29 Å². The highest BCUT2D eigenvalue weighted by Crippen LogP contribution is 2.47. The van der Waals surface area contributed by atoms with E-state index >= 15 is 0 Å². The van der Waals surface area contributed by atoms with E-state index in [1.54, 1.807) is 0 Å². The lowest BCUT2D eigenvalue weighted by atomic mass is 9.81. The van der Waals surface area contributed by atoms with Gasteiger partial charge in [0.15, 0.2) is 0 Å². The Kier molecular flexibility index (Phi) is 1.65. The molecule has 0 heterocycles. The largest absolute Gasteiger partial charge is 0.302 e. The number of hydrogen-bond donors (Lipinski definition) is 0. The molecule has 1 heteroatoms. The molecule has 0 fully saturated rings. The predicted octanol–water partition coefficient (Wildman–Crippen LogP) is 3.32. The van der Waals surface area contributed by atoms with Gasteiger partial charge in [0.2, 0.25) is 0 Å². The van der Waals surface area contributed by atoms with Crippen LogP contribution in [0.4, 0.5) is 0 Å². The second kappa shape index (κ2) is 2.82. The zero-order valence-electron chi connectivity index (χ0n) is 9.16. The molecule has 0 amide bonds. The van der Waals surface area contributed by atoms with E-state index in [0.29, 0.717) is 0 Å². The average molecular weight is 208 g/mol. The van der Waals surface area contributed by atoms with Crippen LogP contribution in [0.25, 0.3) is 16.3 Å². The molecule has 0 aliphatic heterocycles. The molecule has 0 radical (unpaired) electrons. The molecule has 3 rings (SSSR count). The quantitative estimate of drug-likeness (QED) is 0.657. The number of aldehydes is 1. The number of carbonyl (C=O) groups is 1. The van der Waals surface area contributed by atoms with Gasteiger partial charge in [-0.15, -0.1) is 0 Å². The first-order valence-electron chi connectivity index (χ1n) is 5.37. The van der Waals surface area contributed by atoms with Crippen LogP contribution in [0.3, 0.4) is 0 Å². The van der Waals surface area contributed by atoms with Crippen molar-refractivity contribution in [1.29, 1.82) is 0 Å². The fraction of sp³-hybridized carbons (Fsp3) is 0.133. The van der Waals surface area contributed by atoms with Crippen LogP contribution in [0.5, 0.6) is 0 Å². The molecule has 1 aliphatic rings. The van der Waals surface area contributed by atoms with E-state index in [9.17, 15) is 4.79 Å². The van der Waals surface area contributed by atoms with E-state index in [2.05, 4.69) is 18.7 Å². The van der Waals surface area contributed by atoms with Crippen molar-refractivity contribution >= 4 is 22.6 Å². The average Bonchev–Trinajstić information content (AvgIpc) is 2.55. The van der Waals surface area contributed by atoms with E-state index in [0.717, 1.165) is 23.0 Å². The summed E-state index contributed by atoms with van der Waals surface area (Å²) < 4.78 is 0. The minimum atomic E-state index is -0.552. The SMILES string of the molecule is C=C1c2cccc3cccc(c23)C1(C)C=O. The lowest BCUT2D eigenvalue weighted by Crippen LogP contribution is -2.20. The van der Waals surface area contributed by atoms with Crippen molar-refractivity contribution in [2.45, 2.75) is 12.3 Å². The third-order valence-electron chi connectivity index (χ3n) is 3.65. The van der Waals surface area contributed by atoms with Gasteiger partial charge >= 0.3 is 0 Å². The minimum Gasteiger partial charge on any atom is -0.302 e. The molecular formula is C15H12O. The lowest BCUT2D eigenvalue weighted by molar-refractivity contribution is -0.110. The van der Waals surface area contributed by atoms with Gasteiger partial charge < -0.3 is 4.79 Å². The summed E-state index contributed by atoms with van der Waals surface area (Å²) in [5, 5.41) is 2.37. The second-order valence-electron chi connectivity index (χ2n) is 4.51. The molecule has 0 spiro atoms. The van der Waals surface area contributed by atoms with E-state index < -0.39 is 5.41 Å². The summed E-state index contributed by atoms with van der Waals surface area (Å²) in [5.41, 5.74) is 2.56. The third kappa shape index (κ3) is 0.884. The molecule has 78 valence electrons. The zero-order chi connectivity index (χ0) is 11.3. The molecule has 1 nitrogen and oxygen atoms in total. The van der Waals surface area contributed by atoms with Gasteiger partial charge in [0.1, 0.15) is 6.29 Å². The van der Waals surface area contributed by atoms with Crippen LogP contribution in [0.1, 0.15) is 18.1 Å². The number of benzene rings is 2. The molecule has 16 heavy (non-hydrogen) atoms. The molecule has 1 aliphatic carbocycles. The summed E-state index contributed by atoms with van der Waals surface area (Å²) in [6, 6.07) is 12.2. The van der Waals surface area contributed by atoms with Gasteiger partial charge in [0, 0.05) is 0 Å². The zero-order valence-corrected chi connectivity index (χ0v) is 9.16. The Hall–Kier alpha value is -1.89. The molecule has 2 aromatic carbocycles. The molecule has 1 atom stereocenters. The Bertz CT molecular complexity index is 619. The van der Waals surface area contributed by atoms with Crippen LogP contribution in [-0.2, 0) is 10.2 Å². The Morgan fingerprint density at radius 3 is 2.56 bits per heavy atom. The van der Waals surface area contributed by atoms with Gasteiger partial charge in [-0.1, -0.05) is 43.0 Å². The fourth-order valence-corrected chi connectivity index (χ4v) is 2.60. The van der Waals surface area contributed by atoms with Crippen molar-refractivity contribution in [3.8, 4) is 0 Å². The van der Waals surface area contributed by atoms with Gasteiger partial charge in [-0.2, -0.15) is 0 Å². The maximum Gasteiger partial charge on any atom is 0.134 e. The number of carbonyl (C=O) groups excluding carboxylic acids is 1. The molecular weight excluding hydrogens is 196 g/mol. The first-order valence-corrected chi connectivity index (χ1v) is 5.37. The van der Waals surface area contributed by atoms with Crippen LogP contribution < -0.4 is 0 Å². The monoisotopic (exact) mass is 208 g/mol. The van der Waals surface area contributed by atoms with E-state index in [1.807, 2.05) is 31.2 Å².